The molecule has 1 amide bonds. The molecule has 0 heterocycles. The van der Waals surface area contributed by atoms with Crippen LogP contribution in [0.25, 0.3) is 0 Å². The highest BCUT2D eigenvalue weighted by Gasteiger charge is 2.29. The van der Waals surface area contributed by atoms with Crippen LogP contribution in [-0.2, 0) is 11.2 Å². The van der Waals surface area contributed by atoms with Crippen LogP contribution in [-0.4, -0.2) is 25.3 Å². The van der Waals surface area contributed by atoms with E-state index in [0.717, 1.165) is 0 Å². The van der Waals surface area contributed by atoms with Crippen molar-refractivity contribution in [1.82, 2.24) is 0 Å². The van der Waals surface area contributed by atoms with E-state index >= 15 is 0 Å². The Balaban J connectivity index is 2.03. The van der Waals surface area contributed by atoms with Crippen LogP contribution < -0.4 is 14.8 Å². The van der Waals surface area contributed by atoms with E-state index in [1.807, 2.05) is 0 Å². The second-order valence-electron chi connectivity index (χ2n) is 5.29. The number of alkyl halides is 5. The van der Waals surface area contributed by atoms with E-state index in [0.29, 0.717) is 5.56 Å². The third kappa shape index (κ3) is 7.30. The first-order valence-electron chi connectivity index (χ1n) is 7.45. The summed E-state index contributed by atoms with van der Waals surface area (Å²) in [4.78, 5) is 12.1. The van der Waals surface area contributed by atoms with Crippen LogP contribution in [0, 0.1) is 0 Å². The van der Waals surface area contributed by atoms with Crippen molar-refractivity contribution in [2.75, 3.05) is 11.9 Å². The zero-order chi connectivity index (χ0) is 20.0. The minimum atomic E-state index is -4.54. The van der Waals surface area contributed by atoms with Crippen molar-refractivity contribution in [1.29, 1.82) is 0 Å². The maximum atomic E-state index is 12.3. The topological polar surface area (TPSA) is 47.6 Å². The Morgan fingerprint density at radius 3 is 2.37 bits per heavy atom. The second-order valence-corrected chi connectivity index (χ2v) is 5.73. The lowest BCUT2D eigenvalue weighted by Gasteiger charge is -2.14. The van der Waals surface area contributed by atoms with Gasteiger partial charge in [-0.05, 0) is 35.9 Å². The summed E-state index contributed by atoms with van der Waals surface area (Å²) in [5, 5.41) is 2.61. The van der Waals surface area contributed by atoms with Gasteiger partial charge in [-0.2, -0.15) is 22.0 Å². The van der Waals surface area contributed by atoms with E-state index < -0.39 is 25.3 Å². The van der Waals surface area contributed by atoms with E-state index in [1.54, 1.807) is 0 Å². The van der Waals surface area contributed by atoms with Gasteiger partial charge in [0, 0.05) is 5.02 Å². The van der Waals surface area contributed by atoms with Gasteiger partial charge in [-0.3, -0.25) is 4.79 Å². The molecule has 0 saturated carbocycles. The Hall–Kier alpha value is -2.55. The first-order valence-corrected chi connectivity index (χ1v) is 7.83. The molecule has 1 N–H and O–H groups in total. The number of carbonyl (C=O) groups excluding carboxylic acids is 1. The number of hydrogen-bond donors (Lipinski definition) is 1. The highest BCUT2D eigenvalue weighted by molar-refractivity contribution is 6.31. The minimum Gasteiger partial charge on any atom is -0.482 e. The fourth-order valence-electron chi connectivity index (χ4n) is 2.05. The third-order valence-corrected chi connectivity index (χ3v) is 3.36. The lowest BCUT2D eigenvalue weighted by atomic mass is 10.1. The molecule has 10 heteroatoms. The Kier molecular flexibility index (Phi) is 6.84. The first-order chi connectivity index (χ1) is 12.6. The van der Waals surface area contributed by atoms with Crippen LogP contribution in [0.15, 0.2) is 42.5 Å². The lowest BCUT2D eigenvalue weighted by molar-refractivity contribution is -0.153. The molecule has 0 aromatic heterocycles. The number of ether oxygens (including phenoxy) is 2. The summed E-state index contributed by atoms with van der Waals surface area (Å²) < 4.78 is 70.0. The predicted octanol–water partition coefficient (Wildman–Crippen LogP) is 5.06. The first kappa shape index (κ1) is 20.8. The van der Waals surface area contributed by atoms with Gasteiger partial charge in [0.25, 0.3) is 0 Å². The number of nitrogens with one attached hydrogen (secondary N) is 1. The number of halogens is 6. The summed E-state index contributed by atoms with van der Waals surface area (Å²) in [6, 6.07) is 9.15. The van der Waals surface area contributed by atoms with Crippen LogP contribution in [0.4, 0.5) is 27.6 Å². The highest BCUT2D eigenvalue weighted by atomic mass is 35.5. The molecule has 0 bridgehead atoms. The molecular formula is C17H13ClF5NO3. The zero-order valence-electron chi connectivity index (χ0n) is 13.5. The van der Waals surface area contributed by atoms with E-state index in [-0.39, 0.29) is 28.6 Å². The Morgan fingerprint density at radius 2 is 1.78 bits per heavy atom. The molecule has 2 aromatic rings. The van der Waals surface area contributed by atoms with Crippen LogP contribution >= 0.6 is 11.6 Å². The second kappa shape index (κ2) is 8.90. The zero-order valence-corrected chi connectivity index (χ0v) is 14.3. The standard InChI is InChI=1S/C17H13ClF5NO3/c18-11-3-6-14(26-9-17(21,22)23)13(8-11)24-15(25)7-10-1-4-12(5-2-10)27-16(19)20/h1-6,8,16H,7,9H2,(H,24,25). The van der Waals surface area contributed by atoms with E-state index in [9.17, 15) is 26.7 Å². The van der Waals surface area contributed by atoms with Crippen LogP contribution in [0.3, 0.4) is 0 Å². The molecule has 0 saturated heterocycles. The normalized spacial score (nSPS) is 11.4. The van der Waals surface area contributed by atoms with Gasteiger partial charge in [-0.25, -0.2) is 0 Å². The van der Waals surface area contributed by atoms with Crippen molar-refractivity contribution in [3.63, 3.8) is 0 Å². The minimum absolute atomic E-state index is 0.0191. The smallest absolute Gasteiger partial charge is 0.422 e. The van der Waals surface area contributed by atoms with Crippen molar-refractivity contribution in [2.45, 2.75) is 19.2 Å². The Morgan fingerprint density at radius 1 is 1.11 bits per heavy atom. The Bertz CT molecular complexity index is 781. The number of amides is 1. The number of anilines is 1. The maximum absolute atomic E-state index is 12.3. The summed E-state index contributed by atoms with van der Waals surface area (Å²) in [7, 11) is 0. The van der Waals surface area contributed by atoms with Crippen molar-refractivity contribution < 1.29 is 36.2 Å². The molecule has 0 aliphatic carbocycles. The van der Waals surface area contributed by atoms with E-state index in [2.05, 4.69) is 14.8 Å². The molecule has 0 unspecified atom stereocenters. The average Bonchev–Trinajstić information content (AvgIpc) is 2.54. The predicted molar refractivity (Wildman–Crippen MR) is 88.4 cm³/mol. The SMILES string of the molecule is O=C(Cc1ccc(OC(F)F)cc1)Nc1cc(Cl)ccc1OCC(F)(F)F. The maximum Gasteiger partial charge on any atom is 0.422 e. The average molecular weight is 410 g/mol. The molecule has 0 atom stereocenters. The monoisotopic (exact) mass is 409 g/mol. The summed E-state index contributed by atoms with van der Waals surface area (Å²) >= 11 is 5.81. The summed E-state index contributed by atoms with van der Waals surface area (Å²) in [6.45, 7) is -4.49. The van der Waals surface area contributed by atoms with Crippen LogP contribution in [0.2, 0.25) is 5.02 Å². The molecule has 2 rings (SSSR count). The third-order valence-electron chi connectivity index (χ3n) is 3.12. The van der Waals surface area contributed by atoms with E-state index in [1.165, 1.54) is 42.5 Å². The fraction of sp³-hybridized carbons (Fsp3) is 0.235. The largest absolute Gasteiger partial charge is 0.482 e. The van der Waals surface area contributed by atoms with Gasteiger partial charge < -0.3 is 14.8 Å². The fourth-order valence-corrected chi connectivity index (χ4v) is 2.23. The number of rotatable bonds is 7. The summed E-state index contributed by atoms with van der Waals surface area (Å²) in [5.41, 5.74) is 0.461. The molecule has 27 heavy (non-hydrogen) atoms. The lowest BCUT2D eigenvalue weighted by Crippen LogP contribution is -2.20. The molecule has 146 valence electrons. The van der Waals surface area contributed by atoms with Gasteiger partial charge in [-0.1, -0.05) is 23.7 Å². The quantitative estimate of drug-likeness (QED) is 0.650. The van der Waals surface area contributed by atoms with Crippen LogP contribution in [0.5, 0.6) is 11.5 Å². The van der Waals surface area contributed by atoms with Gasteiger partial charge in [0.2, 0.25) is 5.91 Å². The Labute approximate surface area is 155 Å². The van der Waals surface area contributed by atoms with Crippen molar-refractivity contribution >= 4 is 23.2 Å². The molecule has 2 aromatic carbocycles. The van der Waals surface area contributed by atoms with Crippen molar-refractivity contribution in [3.8, 4) is 11.5 Å². The summed E-state index contributed by atoms with van der Waals surface area (Å²) in [6.07, 6.45) is -4.69. The molecule has 0 aliphatic heterocycles. The van der Waals surface area contributed by atoms with Crippen LogP contribution in [0.1, 0.15) is 5.56 Å². The molecule has 0 fully saturated rings. The van der Waals surface area contributed by atoms with Gasteiger partial charge in [-0.15, -0.1) is 0 Å². The number of benzene rings is 2. The highest BCUT2D eigenvalue weighted by Crippen LogP contribution is 2.30. The molecule has 0 radical (unpaired) electrons. The number of carbonyl (C=O) groups is 1. The van der Waals surface area contributed by atoms with Crippen molar-refractivity contribution in [3.05, 3.63) is 53.1 Å². The molecule has 0 aliphatic rings. The van der Waals surface area contributed by atoms with Gasteiger partial charge in [0.1, 0.15) is 11.5 Å². The van der Waals surface area contributed by atoms with Gasteiger partial charge in [0.05, 0.1) is 12.1 Å². The number of hydrogen-bond acceptors (Lipinski definition) is 3. The van der Waals surface area contributed by atoms with E-state index in [4.69, 9.17) is 11.6 Å². The van der Waals surface area contributed by atoms with Gasteiger partial charge in [0.15, 0.2) is 6.61 Å². The molecule has 0 spiro atoms. The molecular weight excluding hydrogens is 397 g/mol. The molecule has 4 nitrogen and oxygen atoms in total. The summed E-state index contributed by atoms with van der Waals surface area (Å²) in [5.74, 6) is -0.811. The van der Waals surface area contributed by atoms with Gasteiger partial charge >= 0.3 is 12.8 Å². The van der Waals surface area contributed by atoms with Crippen molar-refractivity contribution in [2.24, 2.45) is 0 Å².